The molecule has 1 aromatic carbocycles. The monoisotopic (exact) mass is 268 g/mol. The highest BCUT2D eigenvalue weighted by molar-refractivity contribution is 5.81. The first-order valence-corrected chi connectivity index (χ1v) is 6.13. The topological polar surface area (TPSA) is 59.6 Å². The van der Waals surface area contributed by atoms with Crippen LogP contribution in [0.4, 0.5) is 4.39 Å². The Hall–Kier alpha value is -1.66. The van der Waals surface area contributed by atoms with E-state index in [1.54, 1.807) is 0 Å². The van der Waals surface area contributed by atoms with Crippen LogP contribution in [0.2, 0.25) is 0 Å². The Kier molecular flexibility index (Phi) is 4.70. The molecule has 1 aliphatic heterocycles. The van der Waals surface area contributed by atoms with Crippen molar-refractivity contribution in [3.8, 4) is 5.75 Å². The van der Waals surface area contributed by atoms with E-state index < -0.39 is 6.10 Å². The van der Waals surface area contributed by atoms with Gasteiger partial charge in [0.05, 0.1) is 13.7 Å². The first kappa shape index (κ1) is 13.8. The number of hydrogen-bond donors (Lipinski definition) is 2. The maximum atomic E-state index is 13.2. The van der Waals surface area contributed by atoms with E-state index in [0.717, 1.165) is 6.54 Å². The molecule has 0 saturated carbocycles. The van der Waals surface area contributed by atoms with Gasteiger partial charge in [-0.25, -0.2) is 4.39 Å². The molecule has 1 aliphatic rings. The summed E-state index contributed by atoms with van der Waals surface area (Å²) in [7, 11) is 1.51. The number of nitrogens with one attached hydrogen (secondary N) is 2. The Morgan fingerprint density at radius 2 is 2.47 bits per heavy atom. The molecule has 0 spiro atoms. The van der Waals surface area contributed by atoms with E-state index in [1.165, 1.54) is 25.3 Å². The third-order valence-corrected chi connectivity index (χ3v) is 2.92. The molecule has 1 fully saturated rings. The summed E-state index contributed by atoms with van der Waals surface area (Å²) >= 11 is 0. The highest BCUT2D eigenvalue weighted by Gasteiger charge is 2.21. The van der Waals surface area contributed by atoms with E-state index in [2.05, 4.69) is 10.6 Å². The van der Waals surface area contributed by atoms with Gasteiger partial charge < -0.3 is 20.1 Å². The zero-order chi connectivity index (χ0) is 13.7. The number of halogens is 1. The Bertz CT molecular complexity index is 448. The summed E-state index contributed by atoms with van der Waals surface area (Å²) in [5.41, 5.74) is 0.597. The van der Waals surface area contributed by atoms with Gasteiger partial charge in [0.1, 0.15) is 17.7 Å². The molecule has 104 valence electrons. The van der Waals surface area contributed by atoms with Crippen molar-refractivity contribution >= 4 is 5.91 Å². The number of carbonyl (C=O) groups is 1. The molecule has 5 nitrogen and oxygen atoms in total. The lowest BCUT2D eigenvalue weighted by Gasteiger charge is -2.22. The number of amides is 1. The van der Waals surface area contributed by atoms with Gasteiger partial charge in [-0.05, 0) is 18.2 Å². The minimum Gasteiger partial charge on any atom is -0.496 e. The molecule has 1 amide bonds. The molecule has 0 radical (unpaired) electrons. The van der Waals surface area contributed by atoms with E-state index >= 15 is 0 Å². The molecule has 0 bridgehead atoms. The van der Waals surface area contributed by atoms with Crippen LogP contribution in [0.15, 0.2) is 18.2 Å². The molecule has 1 saturated heterocycles. The molecule has 1 unspecified atom stereocenters. The number of benzene rings is 1. The Balaban J connectivity index is 1.94. The van der Waals surface area contributed by atoms with Crippen molar-refractivity contribution in [2.24, 2.45) is 0 Å². The number of rotatable bonds is 4. The highest BCUT2D eigenvalue weighted by Crippen LogP contribution is 2.19. The van der Waals surface area contributed by atoms with Crippen LogP contribution in [0, 0.1) is 5.82 Å². The standard InChI is InChI=1S/C13H17FN2O3/c1-18-11-3-2-10(14)6-9(11)7-16-13(17)12-8-15-4-5-19-12/h2-3,6,12,15H,4-5,7-8H2,1H3,(H,16,17). The average molecular weight is 268 g/mol. The summed E-state index contributed by atoms with van der Waals surface area (Å²) in [4.78, 5) is 11.8. The zero-order valence-corrected chi connectivity index (χ0v) is 10.7. The first-order valence-electron chi connectivity index (χ1n) is 6.13. The third-order valence-electron chi connectivity index (χ3n) is 2.92. The molecule has 19 heavy (non-hydrogen) atoms. The van der Waals surface area contributed by atoms with Crippen LogP contribution in [0.25, 0.3) is 0 Å². The van der Waals surface area contributed by atoms with Crippen molar-refractivity contribution in [3.63, 3.8) is 0 Å². The minimum atomic E-state index is -0.492. The van der Waals surface area contributed by atoms with Gasteiger partial charge in [0, 0.05) is 25.2 Å². The quantitative estimate of drug-likeness (QED) is 0.832. The van der Waals surface area contributed by atoms with Crippen molar-refractivity contribution in [1.29, 1.82) is 0 Å². The predicted molar refractivity (Wildman–Crippen MR) is 67.4 cm³/mol. The number of methoxy groups -OCH3 is 1. The Labute approximate surface area is 111 Å². The van der Waals surface area contributed by atoms with Gasteiger partial charge in [0.25, 0.3) is 5.91 Å². The Morgan fingerprint density at radius 1 is 1.63 bits per heavy atom. The fourth-order valence-corrected chi connectivity index (χ4v) is 1.92. The highest BCUT2D eigenvalue weighted by atomic mass is 19.1. The summed E-state index contributed by atoms with van der Waals surface area (Å²) in [6.45, 7) is 1.97. The Morgan fingerprint density at radius 3 is 3.16 bits per heavy atom. The predicted octanol–water partition coefficient (Wildman–Crippen LogP) is 0.439. The average Bonchev–Trinajstić information content (AvgIpc) is 2.46. The molecular weight excluding hydrogens is 251 g/mol. The van der Waals surface area contributed by atoms with Gasteiger partial charge in [0.2, 0.25) is 0 Å². The second-order valence-corrected chi connectivity index (χ2v) is 4.24. The second-order valence-electron chi connectivity index (χ2n) is 4.24. The van der Waals surface area contributed by atoms with Gasteiger partial charge >= 0.3 is 0 Å². The molecule has 1 aromatic rings. The molecule has 6 heteroatoms. The van der Waals surface area contributed by atoms with Crippen LogP contribution < -0.4 is 15.4 Å². The smallest absolute Gasteiger partial charge is 0.250 e. The molecule has 2 N–H and O–H groups in total. The van der Waals surface area contributed by atoms with E-state index in [1.807, 2.05) is 0 Å². The van der Waals surface area contributed by atoms with Crippen LogP contribution in [-0.4, -0.2) is 38.8 Å². The van der Waals surface area contributed by atoms with Crippen molar-refractivity contribution < 1.29 is 18.7 Å². The van der Waals surface area contributed by atoms with E-state index in [-0.39, 0.29) is 18.3 Å². The summed E-state index contributed by atoms with van der Waals surface area (Å²) in [6.07, 6.45) is -0.492. The minimum absolute atomic E-state index is 0.208. The zero-order valence-electron chi connectivity index (χ0n) is 10.7. The fraction of sp³-hybridized carbons (Fsp3) is 0.462. The second kappa shape index (κ2) is 6.49. The van der Waals surface area contributed by atoms with E-state index in [0.29, 0.717) is 24.5 Å². The first-order chi connectivity index (χ1) is 9.20. The van der Waals surface area contributed by atoms with Gasteiger partial charge in [0.15, 0.2) is 0 Å². The number of hydrogen-bond acceptors (Lipinski definition) is 4. The van der Waals surface area contributed by atoms with Crippen molar-refractivity contribution in [1.82, 2.24) is 10.6 Å². The van der Waals surface area contributed by atoms with Crippen molar-refractivity contribution in [2.45, 2.75) is 12.6 Å². The normalized spacial score (nSPS) is 18.9. The summed E-state index contributed by atoms with van der Waals surface area (Å²) in [5.74, 6) is -0.0245. The molecule has 1 atom stereocenters. The maximum Gasteiger partial charge on any atom is 0.250 e. The molecular formula is C13H17FN2O3. The number of morpholine rings is 1. The lowest BCUT2D eigenvalue weighted by molar-refractivity contribution is -0.134. The summed E-state index contributed by atoms with van der Waals surface area (Å²) in [5, 5.41) is 5.80. The van der Waals surface area contributed by atoms with Crippen molar-refractivity contribution in [2.75, 3.05) is 26.8 Å². The van der Waals surface area contributed by atoms with Gasteiger partial charge in [-0.1, -0.05) is 0 Å². The maximum absolute atomic E-state index is 13.2. The molecule has 0 aliphatic carbocycles. The van der Waals surface area contributed by atoms with Gasteiger partial charge in [-0.3, -0.25) is 4.79 Å². The third kappa shape index (κ3) is 3.65. The van der Waals surface area contributed by atoms with Gasteiger partial charge in [-0.15, -0.1) is 0 Å². The molecule has 0 aromatic heterocycles. The SMILES string of the molecule is COc1ccc(F)cc1CNC(=O)C1CNCCO1. The number of carbonyl (C=O) groups excluding carboxylic acids is 1. The van der Waals surface area contributed by atoms with E-state index in [4.69, 9.17) is 9.47 Å². The lowest BCUT2D eigenvalue weighted by atomic mass is 10.2. The van der Waals surface area contributed by atoms with Crippen LogP contribution in [0.3, 0.4) is 0 Å². The van der Waals surface area contributed by atoms with Crippen molar-refractivity contribution in [3.05, 3.63) is 29.6 Å². The lowest BCUT2D eigenvalue weighted by Crippen LogP contribution is -2.47. The largest absolute Gasteiger partial charge is 0.496 e. The van der Waals surface area contributed by atoms with Gasteiger partial charge in [-0.2, -0.15) is 0 Å². The van der Waals surface area contributed by atoms with Crippen LogP contribution in [0.1, 0.15) is 5.56 Å². The van der Waals surface area contributed by atoms with Crippen LogP contribution >= 0.6 is 0 Å². The van der Waals surface area contributed by atoms with Crippen LogP contribution in [-0.2, 0) is 16.1 Å². The number of ether oxygens (including phenoxy) is 2. The molecule has 2 rings (SSSR count). The molecule has 1 heterocycles. The van der Waals surface area contributed by atoms with Crippen LogP contribution in [0.5, 0.6) is 5.75 Å². The van der Waals surface area contributed by atoms with E-state index in [9.17, 15) is 9.18 Å². The fourth-order valence-electron chi connectivity index (χ4n) is 1.92. The summed E-state index contributed by atoms with van der Waals surface area (Å²) in [6, 6.07) is 4.20. The summed E-state index contributed by atoms with van der Waals surface area (Å²) < 4.78 is 23.6.